The highest BCUT2D eigenvalue weighted by Gasteiger charge is 2.21. The Morgan fingerprint density at radius 3 is 2.47 bits per heavy atom. The summed E-state index contributed by atoms with van der Waals surface area (Å²) in [6, 6.07) is 8.36. The molecule has 0 aliphatic rings. The monoisotopic (exact) mass is 410 g/mol. The van der Waals surface area contributed by atoms with Crippen molar-refractivity contribution in [3.05, 3.63) is 63.9 Å². The summed E-state index contributed by atoms with van der Waals surface area (Å²) in [7, 11) is 2.80. The van der Waals surface area contributed by atoms with Gasteiger partial charge in [-0.1, -0.05) is 12.1 Å². The Labute approximate surface area is 172 Å². The van der Waals surface area contributed by atoms with Crippen LogP contribution in [-0.2, 0) is 11.8 Å². The van der Waals surface area contributed by atoms with Gasteiger partial charge >= 0.3 is 5.97 Å². The van der Waals surface area contributed by atoms with E-state index >= 15 is 0 Å². The molecule has 0 atom stereocenters. The van der Waals surface area contributed by atoms with Crippen molar-refractivity contribution < 1.29 is 18.8 Å². The predicted molar refractivity (Wildman–Crippen MR) is 112 cm³/mol. The highest BCUT2D eigenvalue weighted by molar-refractivity contribution is 6.11. The lowest BCUT2D eigenvalue weighted by atomic mass is 10.1. The van der Waals surface area contributed by atoms with Crippen molar-refractivity contribution in [1.29, 1.82) is 0 Å². The molecule has 9 nitrogen and oxygen atoms in total. The number of pyridine rings is 1. The lowest BCUT2D eigenvalue weighted by Gasteiger charge is -2.14. The molecule has 0 aliphatic carbocycles. The molecule has 3 rings (SSSR count). The maximum atomic E-state index is 12.8. The molecule has 0 radical (unpaired) electrons. The van der Waals surface area contributed by atoms with Crippen LogP contribution in [0.1, 0.15) is 33.5 Å². The van der Waals surface area contributed by atoms with Crippen LogP contribution >= 0.6 is 0 Å². The molecule has 30 heavy (non-hydrogen) atoms. The first-order valence-electron chi connectivity index (χ1n) is 9.27. The number of rotatable bonds is 6. The number of hydrogen-bond donors (Lipinski definition) is 2. The number of amides is 1. The zero-order valence-corrected chi connectivity index (χ0v) is 17.1. The lowest BCUT2D eigenvalue weighted by molar-refractivity contribution is 0.0595. The zero-order chi connectivity index (χ0) is 21.8. The molecule has 0 saturated heterocycles. The third-order valence-corrected chi connectivity index (χ3v) is 4.49. The fourth-order valence-electron chi connectivity index (χ4n) is 3.10. The minimum Gasteiger partial charge on any atom is -0.464 e. The highest BCUT2D eigenvalue weighted by Crippen LogP contribution is 2.24. The van der Waals surface area contributed by atoms with Gasteiger partial charge in [0.05, 0.1) is 23.9 Å². The number of methoxy groups -OCH3 is 1. The van der Waals surface area contributed by atoms with Crippen LogP contribution in [-0.4, -0.2) is 35.3 Å². The minimum absolute atomic E-state index is 0.0358. The second-order valence-electron chi connectivity index (χ2n) is 6.46. The van der Waals surface area contributed by atoms with Gasteiger partial charge in [-0.2, -0.15) is 4.74 Å². The van der Waals surface area contributed by atoms with Crippen molar-refractivity contribution in [2.24, 2.45) is 7.05 Å². The number of carbonyl (C=O) groups is 2. The summed E-state index contributed by atoms with van der Waals surface area (Å²) in [5.74, 6) is -0.537. The van der Waals surface area contributed by atoms with E-state index in [2.05, 4.69) is 15.6 Å². The summed E-state index contributed by atoms with van der Waals surface area (Å²) < 4.78 is 11.2. The number of hydrogen-bond acceptors (Lipinski definition) is 7. The summed E-state index contributed by atoms with van der Waals surface area (Å²) >= 11 is 0. The topological polar surface area (TPSA) is 115 Å². The van der Waals surface area contributed by atoms with Gasteiger partial charge in [-0.25, -0.2) is 9.78 Å². The van der Waals surface area contributed by atoms with E-state index < -0.39 is 11.9 Å². The van der Waals surface area contributed by atoms with Crippen molar-refractivity contribution in [2.45, 2.75) is 13.8 Å². The minimum atomic E-state index is -0.637. The third-order valence-electron chi connectivity index (χ3n) is 4.49. The van der Waals surface area contributed by atoms with Crippen molar-refractivity contribution >= 4 is 23.3 Å². The summed E-state index contributed by atoms with van der Waals surface area (Å²) in [4.78, 5) is 41.0. The van der Waals surface area contributed by atoms with Gasteiger partial charge in [0, 0.05) is 25.5 Å². The Hall–Kier alpha value is -3.88. The number of aromatic nitrogens is 2. The van der Waals surface area contributed by atoms with Crippen molar-refractivity contribution in [2.75, 3.05) is 24.3 Å². The molecule has 2 heterocycles. The molecule has 0 saturated carbocycles. The van der Waals surface area contributed by atoms with E-state index in [1.54, 1.807) is 38.2 Å². The predicted octanol–water partition coefficient (Wildman–Crippen LogP) is 2.82. The summed E-state index contributed by atoms with van der Waals surface area (Å²) in [5.41, 5.74) is 2.06. The van der Waals surface area contributed by atoms with Gasteiger partial charge in [0.1, 0.15) is 5.76 Å². The molecule has 3 aromatic rings. The van der Waals surface area contributed by atoms with E-state index in [0.29, 0.717) is 34.8 Å². The Morgan fingerprint density at radius 1 is 1.20 bits per heavy atom. The second kappa shape index (κ2) is 8.64. The van der Waals surface area contributed by atoms with E-state index in [-0.39, 0.29) is 16.8 Å². The average molecular weight is 410 g/mol. The second-order valence-corrected chi connectivity index (χ2v) is 6.46. The molecule has 0 aliphatic heterocycles. The zero-order valence-electron chi connectivity index (χ0n) is 17.1. The van der Waals surface area contributed by atoms with Crippen LogP contribution in [0.2, 0.25) is 0 Å². The van der Waals surface area contributed by atoms with Gasteiger partial charge < -0.3 is 19.9 Å². The van der Waals surface area contributed by atoms with E-state index in [1.165, 1.54) is 24.1 Å². The Morgan fingerprint density at radius 2 is 1.90 bits per heavy atom. The van der Waals surface area contributed by atoms with Crippen LogP contribution in [0, 0.1) is 6.92 Å². The van der Waals surface area contributed by atoms with Gasteiger partial charge in [-0.05, 0) is 37.6 Å². The van der Waals surface area contributed by atoms with Crippen molar-refractivity contribution in [3.8, 4) is 11.1 Å². The maximum Gasteiger partial charge on any atom is 0.358 e. The molecule has 1 amide bonds. The standard InChI is InChI=1S/C21H22N4O5/c1-5-22-17-15(10-11-23-18(17)21(28)29-4)19(26)24-14-8-6-13(7-9-14)16-12(2)30-25(3)20(16)27/h6-11,22H,5H2,1-4H3,(H,24,26). The van der Waals surface area contributed by atoms with Crippen LogP contribution < -0.4 is 16.2 Å². The molecule has 9 heteroatoms. The fraction of sp³-hybridized carbons (Fsp3) is 0.238. The first kappa shape index (κ1) is 20.8. The summed E-state index contributed by atoms with van der Waals surface area (Å²) in [6.07, 6.45) is 1.38. The van der Waals surface area contributed by atoms with Crippen molar-refractivity contribution in [3.63, 3.8) is 0 Å². The van der Waals surface area contributed by atoms with Crippen LogP contribution in [0.5, 0.6) is 0 Å². The Kier molecular flexibility index (Phi) is 6.01. The molecule has 0 bridgehead atoms. The number of nitrogens with zero attached hydrogens (tertiary/aromatic N) is 2. The van der Waals surface area contributed by atoms with E-state index in [0.717, 1.165) is 0 Å². The fourth-order valence-corrected chi connectivity index (χ4v) is 3.10. The van der Waals surface area contributed by atoms with Crippen LogP contribution in [0.25, 0.3) is 11.1 Å². The number of anilines is 2. The van der Waals surface area contributed by atoms with Crippen LogP contribution in [0.15, 0.2) is 45.8 Å². The molecular formula is C21H22N4O5. The first-order chi connectivity index (χ1) is 14.4. The Bertz CT molecular complexity index is 1150. The van der Waals surface area contributed by atoms with Gasteiger partial charge in [0.2, 0.25) is 0 Å². The molecule has 2 N–H and O–H groups in total. The van der Waals surface area contributed by atoms with Gasteiger partial charge in [0.15, 0.2) is 5.69 Å². The van der Waals surface area contributed by atoms with Gasteiger partial charge in [-0.3, -0.25) is 9.59 Å². The number of benzene rings is 1. The summed E-state index contributed by atoms with van der Waals surface area (Å²) in [5, 5.41) is 5.79. The van der Waals surface area contributed by atoms with Crippen LogP contribution in [0.3, 0.4) is 0 Å². The number of aryl methyl sites for hydroxylation is 2. The molecule has 2 aromatic heterocycles. The maximum absolute atomic E-state index is 12.8. The molecule has 0 spiro atoms. The molecule has 0 unspecified atom stereocenters. The van der Waals surface area contributed by atoms with E-state index in [1.807, 2.05) is 6.92 Å². The molecule has 156 valence electrons. The van der Waals surface area contributed by atoms with Crippen LogP contribution in [0.4, 0.5) is 11.4 Å². The quantitative estimate of drug-likeness (QED) is 0.600. The number of ether oxygens (including phenoxy) is 1. The smallest absolute Gasteiger partial charge is 0.358 e. The Balaban J connectivity index is 1.88. The SMILES string of the molecule is CCNc1c(C(=O)Nc2ccc(-c3c(C)on(C)c3=O)cc2)ccnc1C(=O)OC. The lowest BCUT2D eigenvalue weighted by Crippen LogP contribution is -2.19. The van der Waals surface area contributed by atoms with Gasteiger partial charge in [-0.15, -0.1) is 0 Å². The normalized spacial score (nSPS) is 10.5. The first-order valence-corrected chi connectivity index (χ1v) is 9.27. The number of esters is 1. The highest BCUT2D eigenvalue weighted by atomic mass is 16.5. The third kappa shape index (κ3) is 3.95. The number of carbonyl (C=O) groups excluding carboxylic acids is 2. The number of nitrogens with one attached hydrogen (secondary N) is 2. The van der Waals surface area contributed by atoms with Gasteiger partial charge in [0.25, 0.3) is 11.5 Å². The van der Waals surface area contributed by atoms with E-state index in [9.17, 15) is 14.4 Å². The van der Waals surface area contributed by atoms with Crippen molar-refractivity contribution in [1.82, 2.24) is 9.72 Å². The molecule has 0 fully saturated rings. The largest absolute Gasteiger partial charge is 0.464 e. The van der Waals surface area contributed by atoms with E-state index in [4.69, 9.17) is 9.26 Å². The molecule has 1 aromatic carbocycles. The summed E-state index contributed by atoms with van der Waals surface area (Å²) in [6.45, 7) is 4.05. The average Bonchev–Trinajstić information content (AvgIpc) is 3.00. The molecular weight excluding hydrogens is 388 g/mol.